The first-order valence-corrected chi connectivity index (χ1v) is 9.36. The normalized spacial score (nSPS) is 11.4. The number of nitrogens with one attached hydrogen (secondary N) is 1. The lowest BCUT2D eigenvalue weighted by atomic mass is 10.1. The Kier molecular flexibility index (Phi) is 8.24. The van der Waals surface area contributed by atoms with Crippen molar-refractivity contribution in [2.24, 2.45) is 11.7 Å². The molecule has 0 aliphatic rings. The highest BCUT2D eigenvalue weighted by Crippen LogP contribution is 2.26. The Hall–Kier alpha value is -2.83. The molecule has 6 nitrogen and oxygen atoms in total. The van der Waals surface area contributed by atoms with E-state index in [1.54, 1.807) is 7.11 Å². The van der Waals surface area contributed by atoms with Gasteiger partial charge in [0.15, 0.2) is 0 Å². The first-order chi connectivity index (χ1) is 13.6. The fraction of sp³-hybridized carbons (Fsp3) is 0.273. The quantitative estimate of drug-likeness (QED) is 0.592. The second-order valence-electron chi connectivity index (χ2n) is 6.83. The average Bonchev–Trinajstić information content (AvgIpc) is 3.16. The smallest absolute Gasteiger partial charge is 0.224 e. The lowest BCUT2D eigenvalue weighted by Gasteiger charge is -2.10. The third-order valence-corrected chi connectivity index (χ3v) is 4.58. The largest absolute Gasteiger partial charge is 0.497 e. The molecule has 0 saturated carbocycles. The summed E-state index contributed by atoms with van der Waals surface area (Å²) in [5.74, 6) is 0.987. The van der Waals surface area contributed by atoms with Crippen LogP contribution in [0.3, 0.4) is 0 Å². The predicted molar refractivity (Wildman–Crippen MR) is 118 cm³/mol. The number of carbonyl (C=O) groups is 1. The van der Waals surface area contributed by atoms with Gasteiger partial charge in [-0.25, -0.2) is 4.68 Å². The van der Waals surface area contributed by atoms with Gasteiger partial charge in [0.1, 0.15) is 5.75 Å². The van der Waals surface area contributed by atoms with Crippen LogP contribution in [0.15, 0.2) is 60.8 Å². The Bertz CT molecular complexity index is 910. The van der Waals surface area contributed by atoms with Gasteiger partial charge >= 0.3 is 0 Å². The lowest BCUT2D eigenvalue weighted by molar-refractivity contribution is -0.120. The summed E-state index contributed by atoms with van der Waals surface area (Å²) >= 11 is 0. The molecule has 1 atom stereocenters. The highest BCUT2D eigenvalue weighted by Gasteiger charge is 2.16. The van der Waals surface area contributed by atoms with E-state index in [1.807, 2.05) is 72.4 Å². The monoisotopic (exact) mass is 414 g/mol. The second-order valence-corrected chi connectivity index (χ2v) is 6.83. The predicted octanol–water partition coefficient (Wildman–Crippen LogP) is 3.22. The van der Waals surface area contributed by atoms with E-state index in [0.717, 1.165) is 28.3 Å². The Morgan fingerprint density at radius 1 is 1.17 bits per heavy atom. The summed E-state index contributed by atoms with van der Waals surface area (Å²) in [5.41, 5.74) is 9.16. The van der Waals surface area contributed by atoms with E-state index in [-0.39, 0.29) is 30.7 Å². The zero-order valence-corrected chi connectivity index (χ0v) is 17.5. The van der Waals surface area contributed by atoms with Crippen molar-refractivity contribution >= 4 is 18.3 Å². The molecule has 3 aromatic rings. The first kappa shape index (κ1) is 22.5. The maximum atomic E-state index is 12.5. The van der Waals surface area contributed by atoms with Gasteiger partial charge in [-0.1, -0.05) is 25.1 Å². The topological polar surface area (TPSA) is 82.2 Å². The number of hydrogen-bond acceptors (Lipinski definition) is 4. The zero-order valence-electron chi connectivity index (χ0n) is 16.7. The number of benzene rings is 2. The molecule has 29 heavy (non-hydrogen) atoms. The van der Waals surface area contributed by atoms with Gasteiger partial charge in [0.25, 0.3) is 0 Å². The number of rotatable bonds is 8. The molecule has 3 N–H and O–H groups in total. The van der Waals surface area contributed by atoms with Crippen molar-refractivity contribution in [3.05, 3.63) is 66.4 Å². The Morgan fingerprint density at radius 2 is 1.86 bits per heavy atom. The fourth-order valence-corrected chi connectivity index (χ4v) is 2.85. The van der Waals surface area contributed by atoms with E-state index in [2.05, 4.69) is 5.32 Å². The number of para-hydroxylation sites is 1. The first-order valence-electron chi connectivity index (χ1n) is 9.36. The van der Waals surface area contributed by atoms with Crippen LogP contribution in [0.5, 0.6) is 5.75 Å². The number of nitrogens with two attached hydrogens (primary N) is 1. The molecule has 0 spiro atoms. The van der Waals surface area contributed by atoms with Gasteiger partial charge in [-0.05, 0) is 48.9 Å². The molecule has 0 aliphatic carbocycles. The lowest BCUT2D eigenvalue weighted by Crippen LogP contribution is -2.32. The molecule has 1 heterocycles. The van der Waals surface area contributed by atoms with Crippen molar-refractivity contribution in [2.45, 2.75) is 13.3 Å². The molecule has 0 fully saturated rings. The van der Waals surface area contributed by atoms with Crippen LogP contribution in [0.4, 0.5) is 0 Å². The third kappa shape index (κ3) is 5.82. The Balaban J connectivity index is 0.00000300. The van der Waals surface area contributed by atoms with Crippen LogP contribution >= 0.6 is 12.4 Å². The molecular weight excluding hydrogens is 388 g/mol. The number of amides is 1. The van der Waals surface area contributed by atoms with Gasteiger partial charge in [0, 0.05) is 23.9 Å². The molecule has 1 amide bonds. The minimum Gasteiger partial charge on any atom is -0.497 e. The number of aromatic nitrogens is 2. The van der Waals surface area contributed by atoms with Crippen LogP contribution in [0.25, 0.3) is 16.9 Å². The zero-order chi connectivity index (χ0) is 19.9. The molecule has 1 unspecified atom stereocenters. The number of methoxy groups -OCH3 is 1. The van der Waals surface area contributed by atoms with E-state index in [9.17, 15) is 4.79 Å². The summed E-state index contributed by atoms with van der Waals surface area (Å²) in [5, 5.41) is 7.70. The summed E-state index contributed by atoms with van der Waals surface area (Å²) in [6.45, 7) is 3.12. The van der Waals surface area contributed by atoms with Crippen LogP contribution < -0.4 is 15.8 Å². The number of nitrogens with zero attached hydrogens (tertiary/aromatic N) is 2. The Labute approximate surface area is 177 Å². The maximum Gasteiger partial charge on any atom is 0.224 e. The van der Waals surface area contributed by atoms with Gasteiger partial charge in [-0.3, -0.25) is 4.79 Å². The molecule has 0 aliphatic heterocycles. The molecule has 0 saturated heterocycles. The van der Waals surface area contributed by atoms with E-state index < -0.39 is 0 Å². The van der Waals surface area contributed by atoms with Crippen LogP contribution in [0.1, 0.15) is 12.5 Å². The van der Waals surface area contributed by atoms with Crippen LogP contribution in [-0.4, -0.2) is 35.9 Å². The molecule has 0 bridgehead atoms. The fourth-order valence-electron chi connectivity index (χ4n) is 2.85. The van der Waals surface area contributed by atoms with Crippen LogP contribution in [-0.2, 0) is 11.2 Å². The van der Waals surface area contributed by atoms with Crippen LogP contribution in [0.2, 0.25) is 0 Å². The number of hydrogen-bond donors (Lipinski definition) is 2. The van der Waals surface area contributed by atoms with Crippen molar-refractivity contribution < 1.29 is 9.53 Å². The van der Waals surface area contributed by atoms with E-state index >= 15 is 0 Å². The molecule has 7 heteroatoms. The molecule has 154 valence electrons. The molecular formula is C22H27ClN4O2. The van der Waals surface area contributed by atoms with Gasteiger partial charge in [-0.15, -0.1) is 12.4 Å². The van der Waals surface area contributed by atoms with Crippen molar-refractivity contribution in [1.82, 2.24) is 15.1 Å². The van der Waals surface area contributed by atoms with Crippen molar-refractivity contribution in [2.75, 3.05) is 20.2 Å². The molecule has 2 aromatic carbocycles. The average molecular weight is 415 g/mol. The number of ether oxygens (including phenoxy) is 1. The van der Waals surface area contributed by atoms with Gasteiger partial charge < -0.3 is 15.8 Å². The summed E-state index contributed by atoms with van der Waals surface area (Å²) < 4.78 is 7.05. The highest BCUT2D eigenvalue weighted by molar-refractivity contribution is 5.85. The molecule has 0 radical (unpaired) electrons. The summed E-state index contributed by atoms with van der Waals surface area (Å²) in [7, 11) is 1.64. The van der Waals surface area contributed by atoms with Crippen molar-refractivity contribution in [3.8, 4) is 22.7 Å². The van der Waals surface area contributed by atoms with E-state index in [0.29, 0.717) is 13.1 Å². The van der Waals surface area contributed by atoms with E-state index in [4.69, 9.17) is 15.6 Å². The maximum absolute atomic E-state index is 12.5. The Morgan fingerprint density at radius 3 is 2.48 bits per heavy atom. The number of carbonyl (C=O) groups excluding carboxylic acids is 1. The van der Waals surface area contributed by atoms with Crippen molar-refractivity contribution in [3.63, 3.8) is 0 Å². The molecule has 1 aromatic heterocycles. The van der Waals surface area contributed by atoms with Gasteiger partial charge in [-0.2, -0.15) is 5.10 Å². The molecule has 3 rings (SSSR count). The summed E-state index contributed by atoms with van der Waals surface area (Å²) in [4.78, 5) is 12.5. The standard InChI is InChI=1S/C22H26N4O2.ClH/c1-16(13-23)14-24-21(27)12-18-15-26(19-6-4-3-5-7-19)25-22(18)17-8-10-20(28-2)11-9-17;/h3-11,15-16H,12-14,23H2,1-2H3,(H,24,27);1H. The third-order valence-electron chi connectivity index (χ3n) is 4.58. The van der Waals surface area contributed by atoms with E-state index in [1.165, 1.54) is 0 Å². The second kappa shape index (κ2) is 10.6. The van der Waals surface area contributed by atoms with Gasteiger partial charge in [0.05, 0.1) is 24.9 Å². The number of halogens is 1. The van der Waals surface area contributed by atoms with Crippen LogP contribution in [0, 0.1) is 5.92 Å². The minimum atomic E-state index is -0.0392. The SMILES string of the molecule is COc1ccc(-c2nn(-c3ccccc3)cc2CC(=O)NCC(C)CN)cc1.Cl. The summed E-state index contributed by atoms with van der Waals surface area (Å²) in [6, 6.07) is 17.5. The van der Waals surface area contributed by atoms with Gasteiger partial charge in [0.2, 0.25) is 5.91 Å². The highest BCUT2D eigenvalue weighted by atomic mass is 35.5. The van der Waals surface area contributed by atoms with Crippen molar-refractivity contribution in [1.29, 1.82) is 0 Å². The summed E-state index contributed by atoms with van der Waals surface area (Å²) in [6.07, 6.45) is 2.17. The minimum absolute atomic E-state index is 0.